The van der Waals surface area contributed by atoms with Crippen LogP contribution in [0.3, 0.4) is 0 Å². The number of carbonyl (C=O) groups is 1. The molecular formula is C29H41N5O2. The van der Waals surface area contributed by atoms with E-state index in [2.05, 4.69) is 58.2 Å². The molecule has 0 spiro atoms. The molecule has 0 aliphatic carbocycles. The first-order valence-electron chi connectivity index (χ1n) is 13.8. The molecule has 7 heteroatoms. The van der Waals surface area contributed by atoms with Crippen molar-refractivity contribution in [2.45, 2.75) is 58.4 Å². The number of aryl methyl sites for hydroxylation is 1. The van der Waals surface area contributed by atoms with Crippen molar-refractivity contribution in [2.75, 3.05) is 61.1 Å². The molecule has 1 aromatic carbocycles. The zero-order chi connectivity index (χ0) is 24.9. The smallest absolute Gasteiger partial charge is 0.227 e. The number of benzene rings is 1. The minimum atomic E-state index is 0.139. The normalized spacial score (nSPS) is 19.6. The quantitative estimate of drug-likeness (QED) is 0.570. The molecule has 0 atom stereocenters. The Morgan fingerprint density at radius 2 is 1.81 bits per heavy atom. The topological polar surface area (TPSA) is 60.9 Å². The molecule has 1 aromatic heterocycles. The molecule has 5 rings (SSSR count). The lowest BCUT2D eigenvalue weighted by atomic mass is 9.92. The maximum Gasteiger partial charge on any atom is 0.227 e. The third-order valence-corrected chi connectivity index (χ3v) is 7.92. The highest BCUT2D eigenvalue weighted by molar-refractivity contribution is 5.97. The summed E-state index contributed by atoms with van der Waals surface area (Å²) in [4.78, 5) is 24.1. The lowest BCUT2D eigenvalue weighted by molar-refractivity contribution is -0.119. The number of anilines is 4. The molecule has 194 valence electrons. The van der Waals surface area contributed by atoms with Gasteiger partial charge in [0.05, 0.1) is 18.9 Å². The lowest BCUT2D eigenvalue weighted by Crippen LogP contribution is -2.40. The summed E-state index contributed by atoms with van der Waals surface area (Å²) in [5.74, 6) is 1.83. The van der Waals surface area contributed by atoms with Gasteiger partial charge in [0.1, 0.15) is 5.82 Å². The molecule has 2 fully saturated rings. The Balaban J connectivity index is 1.12. The number of ether oxygens (including phenoxy) is 1. The number of nitrogens with zero attached hydrogens (tertiary/aromatic N) is 4. The number of amides is 1. The minimum absolute atomic E-state index is 0.139. The van der Waals surface area contributed by atoms with Crippen LogP contribution in [0, 0.1) is 5.92 Å². The Morgan fingerprint density at radius 1 is 1.06 bits per heavy atom. The van der Waals surface area contributed by atoms with E-state index in [9.17, 15) is 4.79 Å². The molecule has 1 N–H and O–H groups in total. The highest BCUT2D eigenvalue weighted by Crippen LogP contribution is 2.32. The zero-order valence-corrected chi connectivity index (χ0v) is 21.9. The van der Waals surface area contributed by atoms with Gasteiger partial charge in [0.15, 0.2) is 0 Å². The summed E-state index contributed by atoms with van der Waals surface area (Å²) < 4.78 is 5.45. The maximum atomic E-state index is 12.5. The van der Waals surface area contributed by atoms with E-state index in [1.165, 1.54) is 37.9 Å². The van der Waals surface area contributed by atoms with Crippen LogP contribution in [0.1, 0.15) is 51.5 Å². The fraction of sp³-hybridized carbons (Fsp3) is 0.586. The van der Waals surface area contributed by atoms with Crippen molar-refractivity contribution < 1.29 is 9.53 Å². The first-order chi connectivity index (χ1) is 17.6. The van der Waals surface area contributed by atoms with E-state index in [-0.39, 0.29) is 11.9 Å². The van der Waals surface area contributed by atoms with Crippen LogP contribution in [0.5, 0.6) is 0 Å². The number of hydrogen-bond acceptors (Lipinski definition) is 6. The molecule has 0 radical (unpaired) electrons. The molecule has 7 nitrogen and oxygen atoms in total. The summed E-state index contributed by atoms with van der Waals surface area (Å²) in [6.45, 7) is 11.6. The Kier molecular flexibility index (Phi) is 8.07. The van der Waals surface area contributed by atoms with Gasteiger partial charge in [0, 0.05) is 62.3 Å². The van der Waals surface area contributed by atoms with Crippen LogP contribution in [-0.4, -0.2) is 67.8 Å². The first kappa shape index (κ1) is 25.0. The van der Waals surface area contributed by atoms with Crippen LogP contribution in [0.25, 0.3) is 0 Å². The largest absolute Gasteiger partial charge is 0.379 e. The molecule has 3 aliphatic rings. The van der Waals surface area contributed by atoms with Gasteiger partial charge in [-0.3, -0.25) is 9.69 Å². The van der Waals surface area contributed by atoms with Crippen LogP contribution >= 0.6 is 0 Å². The predicted molar refractivity (Wildman–Crippen MR) is 146 cm³/mol. The minimum Gasteiger partial charge on any atom is -0.379 e. The first-order valence-corrected chi connectivity index (χ1v) is 13.8. The third-order valence-electron chi connectivity index (χ3n) is 7.92. The molecule has 0 saturated carbocycles. The van der Waals surface area contributed by atoms with Crippen LogP contribution in [0.15, 0.2) is 36.5 Å². The molecule has 1 amide bonds. The van der Waals surface area contributed by atoms with Crippen molar-refractivity contribution in [1.82, 2.24) is 9.88 Å². The van der Waals surface area contributed by atoms with Gasteiger partial charge in [-0.15, -0.1) is 0 Å². The number of fused-ring (bicyclic) bond motifs is 1. The molecular weight excluding hydrogens is 450 g/mol. The van der Waals surface area contributed by atoms with Crippen molar-refractivity contribution in [3.05, 3.63) is 42.1 Å². The fourth-order valence-corrected chi connectivity index (χ4v) is 5.83. The van der Waals surface area contributed by atoms with E-state index in [0.29, 0.717) is 6.42 Å². The summed E-state index contributed by atoms with van der Waals surface area (Å²) >= 11 is 0. The fourth-order valence-electron chi connectivity index (χ4n) is 5.83. The number of piperidine rings is 1. The lowest BCUT2D eigenvalue weighted by Gasteiger charge is -2.34. The van der Waals surface area contributed by atoms with E-state index in [0.717, 1.165) is 74.5 Å². The number of pyridine rings is 1. The standard InChI is InChI=1S/C29H41N5O2/c1-22(2)34-27-20-28(30-21-24(27)5-10-29(34)35)31-25-6-8-26(9-7-25)33-14-11-23(12-15-33)4-3-13-32-16-18-36-19-17-32/h6-9,20-23H,3-5,10-19H2,1-2H3,(H,30,31). The van der Waals surface area contributed by atoms with Crippen LogP contribution in [-0.2, 0) is 16.0 Å². The molecule has 0 unspecified atom stereocenters. The van der Waals surface area contributed by atoms with Gasteiger partial charge < -0.3 is 19.9 Å². The van der Waals surface area contributed by atoms with Crippen LogP contribution in [0.4, 0.5) is 22.9 Å². The number of morpholine rings is 1. The van der Waals surface area contributed by atoms with Gasteiger partial charge in [-0.2, -0.15) is 0 Å². The molecule has 2 saturated heterocycles. The second-order valence-corrected chi connectivity index (χ2v) is 10.8. The number of nitrogens with one attached hydrogen (secondary N) is 1. The molecule has 2 aromatic rings. The monoisotopic (exact) mass is 491 g/mol. The number of carbonyl (C=O) groups excluding carboxylic acids is 1. The van der Waals surface area contributed by atoms with Crippen molar-refractivity contribution in [3.63, 3.8) is 0 Å². The zero-order valence-electron chi connectivity index (χ0n) is 21.9. The Bertz CT molecular complexity index is 1010. The van der Waals surface area contributed by atoms with E-state index in [4.69, 9.17) is 4.74 Å². The van der Waals surface area contributed by atoms with Gasteiger partial charge in [-0.1, -0.05) is 0 Å². The van der Waals surface area contributed by atoms with Crippen molar-refractivity contribution >= 4 is 28.8 Å². The van der Waals surface area contributed by atoms with Crippen LogP contribution < -0.4 is 15.1 Å². The van der Waals surface area contributed by atoms with Crippen molar-refractivity contribution in [2.24, 2.45) is 5.92 Å². The van der Waals surface area contributed by atoms with Gasteiger partial charge in [0.2, 0.25) is 5.91 Å². The van der Waals surface area contributed by atoms with Gasteiger partial charge in [-0.05, 0) is 88.2 Å². The van der Waals surface area contributed by atoms with Gasteiger partial charge in [0.25, 0.3) is 0 Å². The van der Waals surface area contributed by atoms with E-state index in [1.54, 1.807) is 0 Å². The van der Waals surface area contributed by atoms with Gasteiger partial charge >= 0.3 is 0 Å². The average molecular weight is 492 g/mol. The summed E-state index contributed by atoms with van der Waals surface area (Å²) in [6, 6.07) is 10.9. The Morgan fingerprint density at radius 3 is 2.53 bits per heavy atom. The second kappa shape index (κ2) is 11.6. The average Bonchev–Trinajstić information content (AvgIpc) is 2.90. The summed E-state index contributed by atoms with van der Waals surface area (Å²) in [5.41, 5.74) is 4.45. The molecule has 3 aliphatic heterocycles. The molecule has 36 heavy (non-hydrogen) atoms. The number of rotatable bonds is 8. The second-order valence-electron chi connectivity index (χ2n) is 10.8. The maximum absolute atomic E-state index is 12.5. The SMILES string of the molecule is CC(C)N1C(=O)CCc2cnc(Nc3ccc(N4CCC(CCCN5CCOCC5)CC4)cc3)cc21. The summed E-state index contributed by atoms with van der Waals surface area (Å²) in [6.07, 6.45) is 8.47. The Labute approximate surface area is 215 Å². The number of hydrogen-bond donors (Lipinski definition) is 1. The predicted octanol–water partition coefficient (Wildman–Crippen LogP) is 4.84. The van der Waals surface area contributed by atoms with Gasteiger partial charge in [-0.25, -0.2) is 4.98 Å². The van der Waals surface area contributed by atoms with Crippen molar-refractivity contribution in [3.8, 4) is 0 Å². The van der Waals surface area contributed by atoms with E-state index >= 15 is 0 Å². The van der Waals surface area contributed by atoms with E-state index < -0.39 is 0 Å². The number of aromatic nitrogens is 1. The Hall–Kier alpha value is -2.64. The van der Waals surface area contributed by atoms with E-state index in [1.807, 2.05) is 17.2 Å². The highest BCUT2D eigenvalue weighted by atomic mass is 16.5. The van der Waals surface area contributed by atoms with Crippen molar-refractivity contribution in [1.29, 1.82) is 0 Å². The molecule has 4 heterocycles. The third kappa shape index (κ3) is 6.01. The highest BCUT2D eigenvalue weighted by Gasteiger charge is 2.27. The molecule has 0 bridgehead atoms. The summed E-state index contributed by atoms with van der Waals surface area (Å²) in [5, 5.41) is 3.44. The van der Waals surface area contributed by atoms with Crippen LogP contribution in [0.2, 0.25) is 0 Å². The summed E-state index contributed by atoms with van der Waals surface area (Å²) in [7, 11) is 0.